The molecule has 2 aliphatic rings. The molecule has 0 radical (unpaired) electrons. The van der Waals surface area contributed by atoms with Gasteiger partial charge in [-0.2, -0.15) is 0 Å². The molecule has 4 nitrogen and oxygen atoms in total. The van der Waals surface area contributed by atoms with E-state index in [4.69, 9.17) is 0 Å². The van der Waals surface area contributed by atoms with Crippen LogP contribution in [-0.2, 0) is 0 Å². The Morgan fingerprint density at radius 2 is 1.47 bits per heavy atom. The van der Waals surface area contributed by atoms with Gasteiger partial charge in [-0.15, -0.1) is 0 Å². The molecule has 0 aliphatic carbocycles. The lowest BCUT2D eigenvalue weighted by atomic mass is 10.1. The van der Waals surface area contributed by atoms with Crippen LogP contribution in [0.1, 0.15) is 13.8 Å². The van der Waals surface area contributed by atoms with E-state index in [0.717, 1.165) is 13.1 Å². The van der Waals surface area contributed by atoms with Gasteiger partial charge >= 0.3 is 0 Å². The van der Waals surface area contributed by atoms with E-state index in [1.165, 1.54) is 39.3 Å². The molecule has 4 heteroatoms. The molecule has 0 aromatic carbocycles. The van der Waals surface area contributed by atoms with Gasteiger partial charge in [0.05, 0.1) is 0 Å². The van der Waals surface area contributed by atoms with Crippen LogP contribution in [0.4, 0.5) is 0 Å². The van der Waals surface area contributed by atoms with Gasteiger partial charge in [-0.1, -0.05) is 0 Å². The molecule has 2 saturated heterocycles. The summed E-state index contributed by atoms with van der Waals surface area (Å²) in [6, 6.07) is 1.39. The summed E-state index contributed by atoms with van der Waals surface area (Å²) in [6.45, 7) is 14.4. The monoisotopic (exact) mass is 240 g/mol. The van der Waals surface area contributed by atoms with Gasteiger partial charge in [-0.3, -0.25) is 14.7 Å². The van der Waals surface area contributed by atoms with E-state index >= 15 is 0 Å². The van der Waals surface area contributed by atoms with Gasteiger partial charge in [-0.25, -0.2) is 0 Å². The third kappa shape index (κ3) is 3.65. The van der Waals surface area contributed by atoms with Crippen LogP contribution >= 0.6 is 0 Å². The third-order valence-corrected chi connectivity index (χ3v) is 4.38. The molecule has 17 heavy (non-hydrogen) atoms. The van der Waals surface area contributed by atoms with Crippen LogP contribution < -0.4 is 5.32 Å². The first-order valence-corrected chi connectivity index (χ1v) is 7.04. The summed E-state index contributed by atoms with van der Waals surface area (Å²) in [7, 11) is 2.25. The maximum absolute atomic E-state index is 3.41. The van der Waals surface area contributed by atoms with Crippen molar-refractivity contribution in [2.75, 3.05) is 59.4 Å². The maximum Gasteiger partial charge on any atom is 0.0195 e. The average molecular weight is 240 g/mol. The van der Waals surface area contributed by atoms with Crippen molar-refractivity contribution in [1.29, 1.82) is 0 Å². The van der Waals surface area contributed by atoms with Gasteiger partial charge in [0.25, 0.3) is 0 Å². The minimum absolute atomic E-state index is 0.696. The maximum atomic E-state index is 3.41. The highest BCUT2D eigenvalue weighted by Crippen LogP contribution is 2.12. The third-order valence-electron chi connectivity index (χ3n) is 4.38. The zero-order valence-corrected chi connectivity index (χ0v) is 11.7. The van der Waals surface area contributed by atoms with Crippen LogP contribution in [0.2, 0.25) is 0 Å². The molecular formula is C13H28N4. The van der Waals surface area contributed by atoms with E-state index < -0.39 is 0 Å². The number of likely N-dealkylation sites (N-methyl/N-ethyl adjacent to an activating group) is 1. The Morgan fingerprint density at radius 1 is 0.941 bits per heavy atom. The Balaban J connectivity index is 1.71. The van der Waals surface area contributed by atoms with Crippen molar-refractivity contribution in [1.82, 2.24) is 20.0 Å². The van der Waals surface area contributed by atoms with E-state index in [0.29, 0.717) is 12.1 Å². The Bertz CT molecular complexity index is 215. The fourth-order valence-electron chi connectivity index (χ4n) is 2.91. The number of piperazine rings is 2. The largest absolute Gasteiger partial charge is 0.314 e. The molecule has 2 fully saturated rings. The molecule has 2 rings (SSSR count). The van der Waals surface area contributed by atoms with Gasteiger partial charge in [0.2, 0.25) is 0 Å². The van der Waals surface area contributed by atoms with Crippen LogP contribution in [-0.4, -0.2) is 86.2 Å². The van der Waals surface area contributed by atoms with Gasteiger partial charge in [0, 0.05) is 64.4 Å². The zero-order valence-electron chi connectivity index (χ0n) is 11.7. The lowest BCUT2D eigenvalue weighted by Crippen LogP contribution is -2.56. The fraction of sp³-hybridized carbons (Fsp3) is 1.00. The van der Waals surface area contributed by atoms with E-state index in [9.17, 15) is 0 Å². The molecule has 0 aromatic heterocycles. The Labute approximate surface area is 106 Å². The lowest BCUT2D eigenvalue weighted by Gasteiger charge is -2.43. The molecule has 2 atom stereocenters. The highest BCUT2D eigenvalue weighted by atomic mass is 15.3. The van der Waals surface area contributed by atoms with Gasteiger partial charge in [-0.05, 0) is 20.9 Å². The minimum Gasteiger partial charge on any atom is -0.314 e. The Hall–Kier alpha value is -0.160. The molecule has 0 spiro atoms. The fourth-order valence-corrected chi connectivity index (χ4v) is 2.91. The summed E-state index contributed by atoms with van der Waals surface area (Å²) in [5.41, 5.74) is 0. The molecule has 1 N–H and O–H groups in total. The second-order valence-corrected chi connectivity index (χ2v) is 5.71. The topological polar surface area (TPSA) is 21.8 Å². The standard InChI is InChI=1S/C13H28N4/c1-12-10-17(11-13(2)15(12)3)9-8-16-6-4-14-5-7-16/h12-14H,4-11H2,1-3H3. The highest BCUT2D eigenvalue weighted by Gasteiger charge is 2.26. The number of hydrogen-bond donors (Lipinski definition) is 1. The molecule has 0 amide bonds. The van der Waals surface area contributed by atoms with Crippen molar-refractivity contribution < 1.29 is 0 Å². The molecule has 2 heterocycles. The first kappa shape index (κ1) is 13.3. The second-order valence-electron chi connectivity index (χ2n) is 5.71. The van der Waals surface area contributed by atoms with Crippen molar-refractivity contribution in [2.45, 2.75) is 25.9 Å². The smallest absolute Gasteiger partial charge is 0.0195 e. The van der Waals surface area contributed by atoms with Crippen LogP contribution in [0, 0.1) is 0 Å². The zero-order chi connectivity index (χ0) is 12.3. The summed E-state index contributed by atoms with van der Waals surface area (Å²) in [4.78, 5) is 7.73. The normalized spacial score (nSPS) is 34.1. The van der Waals surface area contributed by atoms with Crippen LogP contribution in [0.25, 0.3) is 0 Å². The second kappa shape index (κ2) is 6.14. The van der Waals surface area contributed by atoms with Crippen molar-refractivity contribution in [3.05, 3.63) is 0 Å². The van der Waals surface area contributed by atoms with E-state index in [1.807, 2.05) is 0 Å². The number of nitrogens with one attached hydrogen (secondary N) is 1. The first-order chi connectivity index (χ1) is 8.16. The lowest BCUT2D eigenvalue weighted by molar-refractivity contribution is 0.0527. The molecule has 0 aromatic rings. The molecule has 0 saturated carbocycles. The van der Waals surface area contributed by atoms with Crippen molar-refractivity contribution >= 4 is 0 Å². The molecule has 2 aliphatic heterocycles. The molecular weight excluding hydrogens is 212 g/mol. The Morgan fingerprint density at radius 3 is 2.06 bits per heavy atom. The van der Waals surface area contributed by atoms with Crippen LogP contribution in [0.3, 0.4) is 0 Å². The molecule has 0 bridgehead atoms. The number of nitrogens with zero attached hydrogens (tertiary/aromatic N) is 3. The van der Waals surface area contributed by atoms with Gasteiger partial charge in [0.1, 0.15) is 0 Å². The van der Waals surface area contributed by atoms with Crippen molar-refractivity contribution in [2.24, 2.45) is 0 Å². The summed E-state index contributed by atoms with van der Waals surface area (Å²) >= 11 is 0. The van der Waals surface area contributed by atoms with E-state index in [1.54, 1.807) is 0 Å². The summed E-state index contributed by atoms with van der Waals surface area (Å²) in [6.07, 6.45) is 0. The van der Waals surface area contributed by atoms with Gasteiger partial charge < -0.3 is 5.32 Å². The van der Waals surface area contributed by atoms with Gasteiger partial charge in [0.15, 0.2) is 0 Å². The van der Waals surface area contributed by atoms with Crippen molar-refractivity contribution in [3.8, 4) is 0 Å². The summed E-state index contributed by atoms with van der Waals surface area (Å²) in [5.74, 6) is 0. The van der Waals surface area contributed by atoms with Crippen molar-refractivity contribution in [3.63, 3.8) is 0 Å². The van der Waals surface area contributed by atoms with Crippen LogP contribution in [0.15, 0.2) is 0 Å². The number of hydrogen-bond acceptors (Lipinski definition) is 4. The summed E-state index contributed by atoms with van der Waals surface area (Å²) < 4.78 is 0. The van der Waals surface area contributed by atoms with Crippen LogP contribution in [0.5, 0.6) is 0 Å². The average Bonchev–Trinajstić information content (AvgIpc) is 2.34. The quantitative estimate of drug-likeness (QED) is 0.744. The number of rotatable bonds is 3. The van der Waals surface area contributed by atoms with E-state index in [2.05, 4.69) is 40.9 Å². The highest BCUT2D eigenvalue weighted by molar-refractivity contribution is 4.83. The minimum atomic E-state index is 0.696. The SMILES string of the molecule is CC1CN(CCN2CCNCC2)CC(C)N1C. The predicted molar refractivity (Wildman–Crippen MR) is 72.4 cm³/mol. The first-order valence-electron chi connectivity index (χ1n) is 7.04. The predicted octanol–water partition coefficient (Wildman–Crippen LogP) is -0.0840. The molecule has 2 unspecified atom stereocenters. The van der Waals surface area contributed by atoms with E-state index in [-0.39, 0.29) is 0 Å². The molecule has 100 valence electrons. The summed E-state index contributed by atoms with van der Waals surface area (Å²) in [5, 5.41) is 3.41. The Kier molecular flexibility index (Phi) is 4.79.